The molecule has 0 saturated carbocycles. The van der Waals surface area contributed by atoms with Crippen molar-refractivity contribution in [1.82, 2.24) is 9.88 Å². The second-order valence-corrected chi connectivity index (χ2v) is 4.37. The zero-order chi connectivity index (χ0) is 10.1. The molecule has 1 unspecified atom stereocenters. The summed E-state index contributed by atoms with van der Waals surface area (Å²) in [6.45, 7) is 1.31. The Morgan fingerprint density at radius 1 is 1.71 bits per heavy atom. The maximum absolute atomic E-state index is 11.5. The number of carbonyl (C=O) groups excluding carboxylic acids is 1. The van der Waals surface area contributed by atoms with Gasteiger partial charge in [-0.15, -0.1) is 0 Å². The smallest absolute Gasteiger partial charge is 0.267 e. The molecule has 0 radical (unpaired) electrons. The molecule has 2 N–H and O–H groups in total. The number of halogens is 1. The monoisotopic (exact) mass is 258 g/mol. The standard InChI is InChI=1S/C9H11BrN2O2/c10-7-1-8-9(14)11-2-6(5-13)3-12(8)4-7/h1,4,6,13H,2-3,5H2,(H,11,14). The normalized spacial score (nSPS) is 21.3. The molecule has 14 heavy (non-hydrogen) atoms. The Balaban J connectivity index is 2.34. The van der Waals surface area contributed by atoms with Gasteiger partial charge in [0.25, 0.3) is 5.91 Å². The largest absolute Gasteiger partial charge is 0.396 e. The summed E-state index contributed by atoms with van der Waals surface area (Å²) in [5.74, 6) is 0.0196. The van der Waals surface area contributed by atoms with Crippen LogP contribution in [-0.2, 0) is 6.54 Å². The second-order valence-electron chi connectivity index (χ2n) is 3.45. The van der Waals surface area contributed by atoms with E-state index in [-0.39, 0.29) is 18.4 Å². The van der Waals surface area contributed by atoms with Crippen LogP contribution in [-0.4, -0.2) is 28.7 Å². The maximum atomic E-state index is 11.5. The number of aliphatic hydroxyl groups excluding tert-OH is 1. The Morgan fingerprint density at radius 3 is 3.21 bits per heavy atom. The van der Waals surface area contributed by atoms with Crippen LogP contribution >= 0.6 is 15.9 Å². The first kappa shape index (κ1) is 9.73. The van der Waals surface area contributed by atoms with Gasteiger partial charge in [-0.1, -0.05) is 0 Å². The highest BCUT2D eigenvalue weighted by molar-refractivity contribution is 9.10. The predicted molar refractivity (Wildman–Crippen MR) is 55.0 cm³/mol. The highest BCUT2D eigenvalue weighted by atomic mass is 79.9. The maximum Gasteiger partial charge on any atom is 0.267 e. The van der Waals surface area contributed by atoms with Crippen molar-refractivity contribution in [2.24, 2.45) is 5.92 Å². The third-order valence-corrected chi connectivity index (χ3v) is 2.79. The number of rotatable bonds is 1. The van der Waals surface area contributed by atoms with Crippen molar-refractivity contribution in [3.05, 3.63) is 22.4 Å². The molecule has 1 aliphatic rings. The fourth-order valence-electron chi connectivity index (χ4n) is 1.61. The van der Waals surface area contributed by atoms with Gasteiger partial charge in [0.05, 0.1) is 0 Å². The molecule has 5 heteroatoms. The van der Waals surface area contributed by atoms with Crippen molar-refractivity contribution < 1.29 is 9.90 Å². The highest BCUT2D eigenvalue weighted by Crippen LogP contribution is 2.18. The van der Waals surface area contributed by atoms with Crippen LogP contribution in [0.2, 0.25) is 0 Å². The number of fused-ring (bicyclic) bond motifs is 1. The summed E-state index contributed by atoms with van der Waals surface area (Å²) in [6, 6.07) is 1.79. The lowest BCUT2D eigenvalue weighted by atomic mass is 10.1. The Bertz CT molecular complexity index is 362. The van der Waals surface area contributed by atoms with E-state index in [1.807, 2.05) is 10.8 Å². The van der Waals surface area contributed by atoms with Crippen LogP contribution in [0.4, 0.5) is 0 Å². The van der Waals surface area contributed by atoms with Gasteiger partial charge in [-0.3, -0.25) is 4.79 Å². The van der Waals surface area contributed by atoms with Crippen molar-refractivity contribution in [2.75, 3.05) is 13.2 Å². The molecule has 4 nitrogen and oxygen atoms in total. The van der Waals surface area contributed by atoms with E-state index in [0.717, 1.165) is 4.47 Å². The molecular formula is C9H11BrN2O2. The lowest BCUT2D eigenvalue weighted by Crippen LogP contribution is -2.28. The van der Waals surface area contributed by atoms with E-state index in [1.54, 1.807) is 6.07 Å². The third kappa shape index (κ3) is 1.69. The van der Waals surface area contributed by atoms with Gasteiger partial charge in [0.2, 0.25) is 0 Å². The Labute approximate surface area is 90.0 Å². The second kappa shape index (κ2) is 3.74. The number of nitrogens with zero attached hydrogens (tertiary/aromatic N) is 1. The van der Waals surface area contributed by atoms with E-state index < -0.39 is 0 Å². The zero-order valence-corrected chi connectivity index (χ0v) is 9.12. The van der Waals surface area contributed by atoms with Crippen molar-refractivity contribution >= 4 is 21.8 Å². The lowest BCUT2D eigenvalue weighted by Gasteiger charge is -2.10. The first-order chi connectivity index (χ1) is 6.70. The van der Waals surface area contributed by atoms with E-state index in [1.165, 1.54) is 0 Å². The number of aromatic nitrogens is 1. The summed E-state index contributed by atoms with van der Waals surface area (Å²) >= 11 is 3.32. The van der Waals surface area contributed by atoms with Crippen molar-refractivity contribution in [1.29, 1.82) is 0 Å². The van der Waals surface area contributed by atoms with Gasteiger partial charge < -0.3 is 15.0 Å². The molecule has 1 aromatic heterocycles. The molecule has 0 fully saturated rings. The van der Waals surface area contributed by atoms with Gasteiger partial charge in [-0.25, -0.2) is 0 Å². The average Bonchev–Trinajstić information content (AvgIpc) is 2.46. The first-order valence-corrected chi connectivity index (χ1v) is 5.24. The minimum Gasteiger partial charge on any atom is -0.396 e. The topological polar surface area (TPSA) is 54.3 Å². The van der Waals surface area contributed by atoms with Crippen LogP contribution in [0.1, 0.15) is 10.5 Å². The molecule has 0 saturated heterocycles. The van der Waals surface area contributed by atoms with Crippen LogP contribution in [0.15, 0.2) is 16.7 Å². The van der Waals surface area contributed by atoms with Gasteiger partial charge >= 0.3 is 0 Å². The summed E-state index contributed by atoms with van der Waals surface area (Å²) in [5.41, 5.74) is 0.646. The number of hydrogen-bond acceptors (Lipinski definition) is 2. The zero-order valence-electron chi connectivity index (χ0n) is 7.53. The van der Waals surface area contributed by atoms with Gasteiger partial charge in [0.1, 0.15) is 5.69 Å². The summed E-state index contributed by atoms with van der Waals surface area (Å²) < 4.78 is 2.76. The number of carbonyl (C=O) groups is 1. The number of nitrogens with one attached hydrogen (secondary N) is 1. The SMILES string of the molecule is O=C1NCC(CO)Cn2cc(Br)cc21. The van der Waals surface area contributed by atoms with Crippen molar-refractivity contribution in [2.45, 2.75) is 6.54 Å². The number of amides is 1. The number of aliphatic hydroxyl groups is 1. The highest BCUT2D eigenvalue weighted by Gasteiger charge is 2.21. The fourth-order valence-corrected chi connectivity index (χ4v) is 2.07. The third-order valence-electron chi connectivity index (χ3n) is 2.36. The summed E-state index contributed by atoms with van der Waals surface area (Å²) in [5, 5.41) is 11.8. The quantitative estimate of drug-likeness (QED) is 0.776. The molecule has 0 spiro atoms. The van der Waals surface area contributed by atoms with Crippen molar-refractivity contribution in [3.8, 4) is 0 Å². The van der Waals surface area contributed by atoms with E-state index in [4.69, 9.17) is 5.11 Å². The van der Waals surface area contributed by atoms with Gasteiger partial charge in [-0.05, 0) is 22.0 Å². The van der Waals surface area contributed by atoms with Crippen LogP contribution in [0.25, 0.3) is 0 Å². The molecule has 0 bridgehead atoms. The van der Waals surface area contributed by atoms with Crippen LogP contribution in [0.5, 0.6) is 0 Å². The molecule has 2 rings (SSSR count). The summed E-state index contributed by atoms with van der Waals surface area (Å²) in [4.78, 5) is 11.5. The molecule has 0 aliphatic carbocycles. The van der Waals surface area contributed by atoms with Gasteiger partial charge in [0.15, 0.2) is 0 Å². The Hall–Kier alpha value is -0.810. The molecule has 1 atom stereocenters. The first-order valence-electron chi connectivity index (χ1n) is 4.45. The van der Waals surface area contributed by atoms with Gasteiger partial charge in [0, 0.05) is 36.3 Å². The van der Waals surface area contributed by atoms with E-state index in [0.29, 0.717) is 18.8 Å². The van der Waals surface area contributed by atoms with E-state index >= 15 is 0 Å². The number of hydrogen-bond donors (Lipinski definition) is 2. The molecule has 1 amide bonds. The lowest BCUT2D eigenvalue weighted by molar-refractivity contribution is 0.0945. The van der Waals surface area contributed by atoms with Crippen LogP contribution in [0, 0.1) is 5.92 Å². The fraction of sp³-hybridized carbons (Fsp3) is 0.444. The van der Waals surface area contributed by atoms with Crippen LogP contribution < -0.4 is 5.32 Å². The van der Waals surface area contributed by atoms with Crippen molar-refractivity contribution in [3.63, 3.8) is 0 Å². The van der Waals surface area contributed by atoms with E-state index in [9.17, 15) is 4.79 Å². The molecular weight excluding hydrogens is 248 g/mol. The van der Waals surface area contributed by atoms with Crippen LogP contribution in [0.3, 0.4) is 0 Å². The van der Waals surface area contributed by atoms with E-state index in [2.05, 4.69) is 21.2 Å². The summed E-state index contributed by atoms with van der Waals surface area (Å²) in [6.07, 6.45) is 1.86. The minimum atomic E-state index is -0.0772. The molecule has 1 aliphatic heterocycles. The summed E-state index contributed by atoms with van der Waals surface area (Å²) in [7, 11) is 0. The predicted octanol–water partition coefficient (Wildman–Crippen LogP) is 0.602. The van der Waals surface area contributed by atoms with Gasteiger partial charge in [-0.2, -0.15) is 0 Å². The average molecular weight is 259 g/mol. The Kier molecular flexibility index (Phi) is 2.60. The minimum absolute atomic E-state index is 0.0772. The molecule has 2 heterocycles. The molecule has 1 aromatic rings. The Morgan fingerprint density at radius 2 is 2.50 bits per heavy atom. The molecule has 0 aromatic carbocycles. The molecule has 76 valence electrons.